The van der Waals surface area contributed by atoms with Crippen LogP contribution in [0.4, 0.5) is 10.7 Å². The SMILES string of the molecule is CCOC(=O)c1c(NC(=O)COC(=O)CN2C(=O)COc3ccccc32)sc(C)c1CC. The normalized spacial score (nSPS) is 12.6. The number of ether oxygens (including phenoxy) is 3. The number of esters is 2. The number of carbonyl (C=O) groups is 4. The zero-order valence-electron chi connectivity index (χ0n) is 18.1. The van der Waals surface area contributed by atoms with Gasteiger partial charge < -0.3 is 19.5 Å². The lowest BCUT2D eigenvalue weighted by molar-refractivity contribution is -0.146. The second-order valence-electron chi connectivity index (χ2n) is 6.86. The molecular weight excluding hydrogens is 436 g/mol. The number of thiophene rings is 1. The highest BCUT2D eigenvalue weighted by molar-refractivity contribution is 7.16. The Labute approximate surface area is 189 Å². The molecule has 0 spiro atoms. The highest BCUT2D eigenvalue weighted by Gasteiger charge is 2.28. The number of para-hydroxylation sites is 2. The minimum absolute atomic E-state index is 0.182. The van der Waals surface area contributed by atoms with Crippen molar-refractivity contribution in [1.29, 1.82) is 0 Å². The van der Waals surface area contributed by atoms with Gasteiger partial charge >= 0.3 is 11.9 Å². The standard InChI is InChI=1S/C22H24N2O7S/c1-4-14-13(3)32-21(20(14)22(28)29-5-2)23-17(25)11-31-19(27)10-24-15-8-6-7-9-16(15)30-12-18(24)26/h6-9H,4-5,10-12H2,1-3H3,(H,23,25). The second-order valence-corrected chi connectivity index (χ2v) is 8.08. The molecule has 1 aromatic heterocycles. The summed E-state index contributed by atoms with van der Waals surface area (Å²) in [5.41, 5.74) is 1.60. The molecule has 2 amide bonds. The molecular formula is C22H24N2O7S. The smallest absolute Gasteiger partial charge is 0.341 e. The van der Waals surface area contributed by atoms with E-state index in [1.54, 1.807) is 31.2 Å². The van der Waals surface area contributed by atoms with E-state index in [9.17, 15) is 19.2 Å². The highest BCUT2D eigenvalue weighted by atomic mass is 32.1. The summed E-state index contributed by atoms with van der Waals surface area (Å²) >= 11 is 1.26. The molecule has 10 heteroatoms. The largest absolute Gasteiger partial charge is 0.482 e. The molecule has 0 aliphatic carbocycles. The summed E-state index contributed by atoms with van der Waals surface area (Å²) in [5, 5.41) is 2.99. The van der Waals surface area contributed by atoms with Crippen LogP contribution in [-0.4, -0.2) is 50.1 Å². The molecule has 0 saturated heterocycles. The van der Waals surface area contributed by atoms with Gasteiger partial charge in [0.15, 0.2) is 13.2 Å². The van der Waals surface area contributed by atoms with Gasteiger partial charge in [-0.2, -0.15) is 0 Å². The quantitative estimate of drug-likeness (QED) is 0.603. The number of nitrogens with one attached hydrogen (secondary N) is 1. The van der Waals surface area contributed by atoms with Crippen LogP contribution in [0.2, 0.25) is 0 Å². The van der Waals surface area contributed by atoms with Crippen molar-refractivity contribution in [2.45, 2.75) is 27.2 Å². The van der Waals surface area contributed by atoms with Crippen molar-refractivity contribution in [2.75, 3.05) is 36.6 Å². The van der Waals surface area contributed by atoms with Gasteiger partial charge in [-0.25, -0.2) is 4.79 Å². The fourth-order valence-electron chi connectivity index (χ4n) is 3.32. The zero-order valence-corrected chi connectivity index (χ0v) is 18.9. The third kappa shape index (κ3) is 5.08. The van der Waals surface area contributed by atoms with Gasteiger partial charge in [-0.15, -0.1) is 11.3 Å². The van der Waals surface area contributed by atoms with Crippen LogP contribution in [0.15, 0.2) is 24.3 Å². The van der Waals surface area contributed by atoms with Crippen molar-refractivity contribution >= 4 is 45.8 Å². The topological polar surface area (TPSA) is 111 Å². The van der Waals surface area contributed by atoms with Gasteiger partial charge in [0.05, 0.1) is 17.9 Å². The van der Waals surface area contributed by atoms with Crippen LogP contribution in [0.25, 0.3) is 0 Å². The van der Waals surface area contributed by atoms with Crippen molar-refractivity contribution in [3.63, 3.8) is 0 Å². The third-order valence-corrected chi connectivity index (χ3v) is 5.82. The Morgan fingerprint density at radius 1 is 1.19 bits per heavy atom. The number of nitrogens with zero attached hydrogens (tertiary/aromatic N) is 1. The van der Waals surface area contributed by atoms with E-state index in [-0.39, 0.29) is 25.7 Å². The minimum Gasteiger partial charge on any atom is -0.482 e. The maximum absolute atomic E-state index is 12.4. The molecule has 32 heavy (non-hydrogen) atoms. The molecule has 0 fully saturated rings. The first kappa shape index (κ1) is 23.3. The van der Waals surface area contributed by atoms with Crippen molar-refractivity contribution in [1.82, 2.24) is 0 Å². The number of anilines is 2. The molecule has 0 atom stereocenters. The molecule has 1 aliphatic rings. The second kappa shape index (κ2) is 10.3. The van der Waals surface area contributed by atoms with Gasteiger partial charge in [0, 0.05) is 4.88 Å². The van der Waals surface area contributed by atoms with Crippen LogP contribution in [0.5, 0.6) is 5.75 Å². The fraction of sp³-hybridized carbons (Fsp3) is 0.364. The van der Waals surface area contributed by atoms with Gasteiger partial charge in [-0.3, -0.25) is 19.3 Å². The Morgan fingerprint density at radius 3 is 2.66 bits per heavy atom. The lowest BCUT2D eigenvalue weighted by atomic mass is 10.1. The first-order valence-corrected chi connectivity index (χ1v) is 10.9. The van der Waals surface area contributed by atoms with E-state index in [4.69, 9.17) is 14.2 Å². The van der Waals surface area contributed by atoms with Crippen LogP contribution < -0.4 is 15.0 Å². The van der Waals surface area contributed by atoms with E-state index in [0.29, 0.717) is 28.4 Å². The summed E-state index contributed by atoms with van der Waals surface area (Å²) in [6.45, 7) is 4.61. The Kier molecular flexibility index (Phi) is 7.47. The van der Waals surface area contributed by atoms with E-state index in [1.807, 2.05) is 13.8 Å². The zero-order chi connectivity index (χ0) is 23.3. The Bertz CT molecular complexity index is 1050. The number of aryl methyl sites for hydroxylation is 1. The molecule has 0 unspecified atom stereocenters. The summed E-state index contributed by atoms with van der Waals surface area (Å²) in [5.74, 6) is -1.74. The first-order valence-electron chi connectivity index (χ1n) is 10.1. The van der Waals surface area contributed by atoms with Crippen LogP contribution in [0.3, 0.4) is 0 Å². The number of benzene rings is 1. The van der Waals surface area contributed by atoms with Gasteiger partial charge in [0.25, 0.3) is 11.8 Å². The average molecular weight is 461 g/mol. The molecule has 0 saturated carbocycles. The average Bonchev–Trinajstić information content (AvgIpc) is 3.09. The van der Waals surface area contributed by atoms with Crippen molar-refractivity contribution in [3.8, 4) is 5.75 Å². The highest BCUT2D eigenvalue weighted by Crippen LogP contribution is 2.34. The van der Waals surface area contributed by atoms with Gasteiger partial charge in [-0.1, -0.05) is 19.1 Å². The predicted molar refractivity (Wildman–Crippen MR) is 118 cm³/mol. The van der Waals surface area contributed by atoms with Crippen molar-refractivity contribution in [2.24, 2.45) is 0 Å². The summed E-state index contributed by atoms with van der Waals surface area (Å²) in [6, 6.07) is 6.84. The lowest BCUT2D eigenvalue weighted by Gasteiger charge is -2.28. The molecule has 2 heterocycles. The molecule has 1 aromatic carbocycles. The van der Waals surface area contributed by atoms with E-state index < -0.39 is 24.5 Å². The maximum Gasteiger partial charge on any atom is 0.341 e. The monoisotopic (exact) mass is 460 g/mol. The molecule has 3 rings (SSSR count). The summed E-state index contributed by atoms with van der Waals surface area (Å²) < 4.78 is 15.5. The van der Waals surface area contributed by atoms with E-state index in [0.717, 1.165) is 10.4 Å². The Hall–Kier alpha value is -3.40. The molecule has 0 radical (unpaired) electrons. The summed E-state index contributed by atoms with van der Waals surface area (Å²) in [7, 11) is 0. The van der Waals surface area contributed by atoms with Gasteiger partial charge in [0.1, 0.15) is 17.3 Å². The minimum atomic E-state index is -0.743. The molecule has 1 aliphatic heterocycles. The number of hydrogen-bond acceptors (Lipinski definition) is 8. The third-order valence-electron chi connectivity index (χ3n) is 4.75. The Morgan fingerprint density at radius 2 is 1.94 bits per heavy atom. The molecule has 170 valence electrons. The van der Waals surface area contributed by atoms with E-state index in [1.165, 1.54) is 16.2 Å². The van der Waals surface area contributed by atoms with Gasteiger partial charge in [0.2, 0.25) is 0 Å². The number of rotatable bonds is 8. The molecule has 9 nitrogen and oxygen atoms in total. The Balaban J connectivity index is 1.62. The van der Waals surface area contributed by atoms with Crippen molar-refractivity contribution in [3.05, 3.63) is 40.3 Å². The molecule has 1 N–H and O–H groups in total. The van der Waals surface area contributed by atoms with Crippen LogP contribution >= 0.6 is 11.3 Å². The van der Waals surface area contributed by atoms with Crippen LogP contribution in [0.1, 0.15) is 34.6 Å². The van der Waals surface area contributed by atoms with Crippen molar-refractivity contribution < 1.29 is 33.4 Å². The number of fused-ring (bicyclic) bond motifs is 1. The van der Waals surface area contributed by atoms with Gasteiger partial charge in [-0.05, 0) is 38.0 Å². The van der Waals surface area contributed by atoms with E-state index >= 15 is 0 Å². The molecule has 2 aromatic rings. The summed E-state index contributed by atoms with van der Waals surface area (Å²) in [6.07, 6.45) is 0.608. The summed E-state index contributed by atoms with van der Waals surface area (Å²) in [4.78, 5) is 51.3. The first-order chi connectivity index (χ1) is 15.3. The predicted octanol–water partition coefficient (Wildman–Crippen LogP) is 2.70. The number of hydrogen-bond donors (Lipinski definition) is 1. The molecule has 0 bridgehead atoms. The lowest BCUT2D eigenvalue weighted by Crippen LogP contribution is -2.42. The van der Waals surface area contributed by atoms with Crippen LogP contribution in [-0.2, 0) is 30.3 Å². The fourth-order valence-corrected chi connectivity index (χ4v) is 4.47. The maximum atomic E-state index is 12.4. The van der Waals surface area contributed by atoms with Crippen LogP contribution in [0, 0.1) is 6.92 Å². The number of amides is 2. The van der Waals surface area contributed by atoms with E-state index in [2.05, 4.69) is 5.32 Å². The number of carbonyl (C=O) groups excluding carboxylic acids is 4.